The number of thioether (sulfide) groups is 1. The van der Waals surface area contributed by atoms with Crippen molar-refractivity contribution < 1.29 is 9.59 Å². The van der Waals surface area contributed by atoms with Gasteiger partial charge >= 0.3 is 0 Å². The number of nitrogens with zero attached hydrogens (tertiary/aromatic N) is 5. The maximum atomic E-state index is 13.0. The number of piperazine rings is 1. The Balaban J connectivity index is 1.19. The van der Waals surface area contributed by atoms with Crippen LogP contribution in [0.3, 0.4) is 0 Å². The summed E-state index contributed by atoms with van der Waals surface area (Å²) in [7, 11) is 0. The molecule has 0 aromatic carbocycles. The number of likely N-dealkylation sites (tertiary alicyclic amines) is 1. The number of aldehydes is 1. The van der Waals surface area contributed by atoms with Crippen LogP contribution in [0.15, 0.2) is 28.7 Å². The summed E-state index contributed by atoms with van der Waals surface area (Å²) < 4.78 is 0.744. The number of carbonyl (C=O) groups excluding carboxylic acids is 2. The summed E-state index contributed by atoms with van der Waals surface area (Å²) in [5.74, 6) is 0.501. The van der Waals surface area contributed by atoms with Crippen LogP contribution in [0.5, 0.6) is 0 Å². The van der Waals surface area contributed by atoms with Crippen LogP contribution in [0.4, 0.5) is 5.82 Å². The number of amides is 1. The zero-order valence-electron chi connectivity index (χ0n) is 20.9. The van der Waals surface area contributed by atoms with E-state index >= 15 is 0 Å². The molecule has 12 heteroatoms. The summed E-state index contributed by atoms with van der Waals surface area (Å²) in [6, 6.07) is 2.53. The van der Waals surface area contributed by atoms with Crippen molar-refractivity contribution in [3.8, 4) is 0 Å². The number of halogens is 1. The second kappa shape index (κ2) is 12.1. The highest BCUT2D eigenvalue weighted by Gasteiger charge is 2.31. The first-order valence-corrected chi connectivity index (χ1v) is 14.8. The van der Waals surface area contributed by atoms with Gasteiger partial charge in [-0.05, 0) is 32.4 Å². The zero-order chi connectivity index (χ0) is 25.8. The molecule has 2 aromatic heterocycles. The Morgan fingerprint density at radius 2 is 2.08 bits per heavy atom. The van der Waals surface area contributed by atoms with Crippen LogP contribution in [0.1, 0.15) is 42.2 Å². The van der Waals surface area contributed by atoms with Crippen molar-refractivity contribution >= 4 is 58.4 Å². The minimum Gasteiger partial charge on any atom is -0.355 e. The van der Waals surface area contributed by atoms with Gasteiger partial charge < -0.3 is 20.3 Å². The first-order valence-electron chi connectivity index (χ1n) is 12.7. The van der Waals surface area contributed by atoms with Gasteiger partial charge in [-0.1, -0.05) is 23.4 Å². The van der Waals surface area contributed by atoms with E-state index in [4.69, 9.17) is 11.6 Å². The first-order chi connectivity index (χ1) is 18.0. The van der Waals surface area contributed by atoms with Crippen molar-refractivity contribution in [2.24, 2.45) is 0 Å². The molecule has 5 heterocycles. The van der Waals surface area contributed by atoms with Gasteiger partial charge in [-0.3, -0.25) is 14.6 Å². The summed E-state index contributed by atoms with van der Waals surface area (Å²) in [5, 5.41) is 8.61. The number of aromatic nitrogens is 2. The van der Waals surface area contributed by atoms with Gasteiger partial charge in [0.05, 0.1) is 22.4 Å². The highest BCUT2D eigenvalue weighted by molar-refractivity contribution is 8.04. The molecular formula is C25H32ClN7O2S2. The predicted molar refractivity (Wildman–Crippen MR) is 150 cm³/mol. The Kier molecular flexibility index (Phi) is 8.66. The van der Waals surface area contributed by atoms with Crippen LogP contribution in [0.2, 0.25) is 4.34 Å². The summed E-state index contributed by atoms with van der Waals surface area (Å²) >= 11 is 9.37. The molecule has 0 bridgehead atoms. The standard InChI is InChI=1S/C25H32ClN7O2S2/c1-17-4-2-6-33(17)15-20-23(18-12-21(26)36-16-18)29-25(37-20)30-24(35)19-13-28-22(14-27-19)32-9-7-31(8-10-32)5-3-11-34/h11-14,16-17,25,29H,2-10,15H2,1H3,(H,30,35). The quantitative estimate of drug-likeness (QED) is 0.448. The van der Waals surface area contributed by atoms with Gasteiger partial charge in [0.25, 0.3) is 5.91 Å². The number of anilines is 1. The van der Waals surface area contributed by atoms with E-state index in [1.165, 1.54) is 29.1 Å². The minimum atomic E-state index is -0.296. The van der Waals surface area contributed by atoms with E-state index < -0.39 is 0 Å². The van der Waals surface area contributed by atoms with Gasteiger partial charge in [-0.15, -0.1) is 11.3 Å². The maximum absolute atomic E-state index is 13.0. The molecule has 2 unspecified atom stereocenters. The van der Waals surface area contributed by atoms with Crippen molar-refractivity contribution in [3.63, 3.8) is 0 Å². The molecule has 2 N–H and O–H groups in total. The van der Waals surface area contributed by atoms with Crippen LogP contribution in [-0.4, -0.2) is 89.3 Å². The third-order valence-corrected chi connectivity index (χ3v) is 9.28. The van der Waals surface area contributed by atoms with E-state index in [0.717, 1.165) is 73.5 Å². The van der Waals surface area contributed by atoms with Crippen molar-refractivity contribution in [2.75, 3.05) is 50.7 Å². The van der Waals surface area contributed by atoms with E-state index in [1.807, 2.05) is 6.07 Å². The number of hydrogen-bond acceptors (Lipinski definition) is 10. The lowest BCUT2D eigenvalue weighted by Gasteiger charge is -2.34. The molecule has 2 saturated heterocycles. The van der Waals surface area contributed by atoms with E-state index in [-0.39, 0.29) is 17.1 Å². The Labute approximate surface area is 230 Å². The summed E-state index contributed by atoms with van der Waals surface area (Å²) in [5.41, 5.74) is 2.08. The van der Waals surface area contributed by atoms with Crippen LogP contribution >= 0.6 is 34.7 Å². The SMILES string of the molecule is CC1CCCN1CC1=C(c2csc(Cl)c2)NC(NC(=O)c2cnc(N3CCN(CCC=O)CC3)cn2)S1. The van der Waals surface area contributed by atoms with Gasteiger partial charge in [0.2, 0.25) is 0 Å². The molecule has 2 fully saturated rings. The summed E-state index contributed by atoms with van der Waals surface area (Å²) in [4.78, 5) is 40.7. The Morgan fingerprint density at radius 1 is 1.24 bits per heavy atom. The molecule has 37 heavy (non-hydrogen) atoms. The number of carbonyl (C=O) groups is 2. The summed E-state index contributed by atoms with van der Waals surface area (Å²) in [6.45, 7) is 8.42. The smallest absolute Gasteiger partial charge is 0.273 e. The Morgan fingerprint density at radius 3 is 2.73 bits per heavy atom. The van der Waals surface area contributed by atoms with Crippen molar-refractivity contribution in [1.82, 2.24) is 30.4 Å². The average molecular weight is 562 g/mol. The van der Waals surface area contributed by atoms with Gasteiger partial charge in [-0.25, -0.2) is 9.97 Å². The molecule has 0 saturated carbocycles. The molecule has 0 aliphatic carbocycles. The topological polar surface area (TPSA) is 93.7 Å². The number of thiophene rings is 1. The second-order valence-electron chi connectivity index (χ2n) is 9.56. The van der Waals surface area contributed by atoms with Crippen LogP contribution in [0, 0.1) is 0 Å². The first kappa shape index (κ1) is 26.4. The number of rotatable bonds is 9. The molecule has 198 valence electrons. The highest BCUT2D eigenvalue weighted by atomic mass is 35.5. The molecule has 3 aliphatic rings. The summed E-state index contributed by atoms with van der Waals surface area (Å²) in [6.07, 6.45) is 7.18. The van der Waals surface area contributed by atoms with E-state index in [9.17, 15) is 9.59 Å². The Bertz CT molecular complexity index is 1130. The number of hydrogen-bond donors (Lipinski definition) is 2. The van der Waals surface area contributed by atoms with Crippen LogP contribution < -0.4 is 15.5 Å². The highest BCUT2D eigenvalue weighted by Crippen LogP contribution is 2.38. The minimum absolute atomic E-state index is 0.263. The van der Waals surface area contributed by atoms with Gasteiger partial charge in [0, 0.05) is 67.6 Å². The fraction of sp³-hybridized carbons (Fsp3) is 0.520. The monoisotopic (exact) mass is 561 g/mol. The molecule has 0 spiro atoms. The van der Waals surface area contributed by atoms with Crippen molar-refractivity contribution in [3.05, 3.63) is 44.3 Å². The molecule has 3 aliphatic heterocycles. The molecule has 9 nitrogen and oxygen atoms in total. The largest absolute Gasteiger partial charge is 0.355 e. The molecular weight excluding hydrogens is 530 g/mol. The van der Waals surface area contributed by atoms with Gasteiger partial charge in [0.1, 0.15) is 17.8 Å². The molecule has 2 aromatic rings. The van der Waals surface area contributed by atoms with E-state index in [0.29, 0.717) is 12.5 Å². The predicted octanol–water partition coefficient (Wildman–Crippen LogP) is 3.11. The van der Waals surface area contributed by atoms with Gasteiger partial charge in [0.15, 0.2) is 5.50 Å². The Hall–Kier alpha value is -2.18. The third-order valence-electron chi connectivity index (χ3n) is 7.10. The van der Waals surface area contributed by atoms with E-state index in [1.54, 1.807) is 24.2 Å². The molecule has 2 atom stereocenters. The normalized spacial score (nSPS) is 22.9. The lowest BCUT2D eigenvalue weighted by Crippen LogP contribution is -2.47. The average Bonchev–Trinajstić information content (AvgIpc) is 3.63. The maximum Gasteiger partial charge on any atom is 0.273 e. The van der Waals surface area contributed by atoms with Crippen LogP contribution in [-0.2, 0) is 4.79 Å². The number of nitrogens with one attached hydrogen (secondary N) is 2. The zero-order valence-corrected chi connectivity index (χ0v) is 23.2. The van der Waals surface area contributed by atoms with Crippen LogP contribution in [0.25, 0.3) is 5.70 Å². The fourth-order valence-electron chi connectivity index (χ4n) is 4.95. The van der Waals surface area contributed by atoms with E-state index in [2.05, 4.69) is 47.6 Å². The lowest BCUT2D eigenvalue weighted by molar-refractivity contribution is -0.108. The van der Waals surface area contributed by atoms with Gasteiger partial charge in [-0.2, -0.15) is 0 Å². The molecule has 5 rings (SSSR count). The van der Waals surface area contributed by atoms with Crippen molar-refractivity contribution in [2.45, 2.75) is 37.7 Å². The third kappa shape index (κ3) is 6.46. The fourth-order valence-corrected chi connectivity index (χ4v) is 6.99. The second-order valence-corrected chi connectivity index (χ2v) is 12.3. The molecule has 0 radical (unpaired) electrons. The lowest BCUT2D eigenvalue weighted by atomic mass is 10.2. The van der Waals surface area contributed by atoms with Crippen molar-refractivity contribution in [1.29, 1.82) is 0 Å². The molecule has 1 amide bonds.